The summed E-state index contributed by atoms with van der Waals surface area (Å²) in [6.07, 6.45) is 1.67. The zero-order chi connectivity index (χ0) is 18.8. The molecule has 0 aliphatic carbocycles. The lowest BCUT2D eigenvalue weighted by Gasteiger charge is -2.24. The van der Waals surface area contributed by atoms with Gasteiger partial charge in [0.15, 0.2) is 11.5 Å². The maximum absolute atomic E-state index is 13.0. The van der Waals surface area contributed by atoms with Crippen LogP contribution in [-0.2, 0) is 11.4 Å². The van der Waals surface area contributed by atoms with E-state index in [4.69, 9.17) is 9.47 Å². The van der Waals surface area contributed by atoms with Gasteiger partial charge >= 0.3 is 0 Å². The largest absolute Gasteiger partial charge is 0.493 e. The van der Waals surface area contributed by atoms with E-state index >= 15 is 0 Å². The van der Waals surface area contributed by atoms with Crippen LogP contribution in [0.3, 0.4) is 0 Å². The lowest BCUT2D eigenvalue weighted by Crippen LogP contribution is -2.29. The number of anilines is 1. The van der Waals surface area contributed by atoms with E-state index in [1.54, 1.807) is 30.0 Å². The molecule has 0 saturated heterocycles. The van der Waals surface area contributed by atoms with E-state index in [0.29, 0.717) is 17.4 Å². The first-order valence-electron chi connectivity index (χ1n) is 8.38. The number of fused-ring (bicyclic) bond motifs is 1. The van der Waals surface area contributed by atoms with Crippen molar-refractivity contribution in [2.24, 2.45) is 0 Å². The summed E-state index contributed by atoms with van der Waals surface area (Å²) in [5, 5.41) is 6.89. The highest BCUT2D eigenvalue weighted by molar-refractivity contribution is 5.91. The van der Waals surface area contributed by atoms with Crippen LogP contribution in [0.2, 0.25) is 0 Å². The van der Waals surface area contributed by atoms with E-state index in [-0.39, 0.29) is 30.8 Å². The molecular formula is C19H17FN4O3. The number of halogens is 1. The Morgan fingerprint density at radius 1 is 1.22 bits per heavy atom. The second-order valence-electron chi connectivity index (χ2n) is 6.12. The predicted molar refractivity (Wildman–Crippen MR) is 95.1 cm³/mol. The number of methoxy groups -OCH3 is 1. The van der Waals surface area contributed by atoms with Gasteiger partial charge in [0.25, 0.3) is 0 Å². The van der Waals surface area contributed by atoms with Crippen LogP contribution < -0.4 is 14.8 Å². The molecule has 0 spiro atoms. The van der Waals surface area contributed by atoms with Crippen molar-refractivity contribution in [1.82, 2.24) is 14.8 Å². The minimum absolute atomic E-state index is 0.115. The minimum Gasteiger partial charge on any atom is -0.493 e. The Bertz CT molecular complexity index is 971. The summed E-state index contributed by atoms with van der Waals surface area (Å²) in [5.74, 6) is 1.12. The van der Waals surface area contributed by atoms with Crippen LogP contribution in [0.4, 0.5) is 10.3 Å². The molecule has 1 aliphatic rings. The molecule has 0 bridgehead atoms. The topological polar surface area (TPSA) is 78.3 Å². The van der Waals surface area contributed by atoms with E-state index in [1.807, 2.05) is 12.1 Å². The highest BCUT2D eigenvalue weighted by atomic mass is 19.1. The number of hydrogen-bond donors (Lipinski definition) is 1. The van der Waals surface area contributed by atoms with Crippen molar-refractivity contribution in [2.45, 2.75) is 19.1 Å². The molecule has 1 aliphatic heterocycles. The average molecular weight is 368 g/mol. The van der Waals surface area contributed by atoms with Crippen molar-refractivity contribution in [3.63, 3.8) is 0 Å². The molecule has 0 radical (unpaired) electrons. The van der Waals surface area contributed by atoms with Gasteiger partial charge in [0.05, 0.1) is 19.6 Å². The summed E-state index contributed by atoms with van der Waals surface area (Å²) in [7, 11) is 1.55. The Morgan fingerprint density at radius 3 is 2.81 bits per heavy atom. The molecule has 1 atom stereocenters. The van der Waals surface area contributed by atoms with Crippen molar-refractivity contribution in [1.29, 1.82) is 0 Å². The van der Waals surface area contributed by atoms with Gasteiger partial charge < -0.3 is 9.47 Å². The Morgan fingerprint density at radius 2 is 2.04 bits per heavy atom. The van der Waals surface area contributed by atoms with Crippen molar-refractivity contribution >= 4 is 11.9 Å². The number of carbonyl (C=O) groups excluding carboxylic acids is 1. The van der Waals surface area contributed by atoms with Gasteiger partial charge in [-0.25, -0.2) is 9.07 Å². The van der Waals surface area contributed by atoms with Crippen LogP contribution in [-0.4, -0.2) is 27.8 Å². The monoisotopic (exact) mass is 368 g/mol. The van der Waals surface area contributed by atoms with Crippen molar-refractivity contribution in [3.05, 3.63) is 65.7 Å². The first kappa shape index (κ1) is 17.0. The molecule has 1 N–H and O–H groups in total. The number of benzene rings is 2. The van der Waals surface area contributed by atoms with E-state index in [9.17, 15) is 9.18 Å². The third-order valence-electron chi connectivity index (χ3n) is 4.38. The van der Waals surface area contributed by atoms with Crippen LogP contribution in [0.15, 0.2) is 48.8 Å². The smallest absolute Gasteiger partial charge is 0.229 e. The summed E-state index contributed by atoms with van der Waals surface area (Å²) < 4.78 is 25.9. The van der Waals surface area contributed by atoms with Gasteiger partial charge in [-0.15, -0.1) is 0 Å². The highest BCUT2D eigenvalue weighted by Crippen LogP contribution is 2.35. The lowest BCUT2D eigenvalue weighted by atomic mass is 10.0. The molecule has 1 amide bonds. The van der Waals surface area contributed by atoms with Gasteiger partial charge in [0.1, 0.15) is 18.8 Å². The van der Waals surface area contributed by atoms with Gasteiger partial charge in [0, 0.05) is 0 Å². The number of carbonyl (C=O) groups is 1. The molecule has 7 nitrogen and oxygen atoms in total. The van der Waals surface area contributed by atoms with Gasteiger partial charge in [-0.1, -0.05) is 18.2 Å². The Balaban J connectivity index is 1.57. The Kier molecular flexibility index (Phi) is 4.45. The van der Waals surface area contributed by atoms with Gasteiger partial charge in [-0.2, -0.15) is 10.1 Å². The number of amides is 1. The Hall–Kier alpha value is -3.42. The van der Waals surface area contributed by atoms with Crippen molar-refractivity contribution < 1.29 is 18.7 Å². The predicted octanol–water partition coefficient (Wildman–Crippen LogP) is 2.94. The summed E-state index contributed by atoms with van der Waals surface area (Å²) in [6.45, 7) is 0.287. The second kappa shape index (κ2) is 7.06. The molecular weight excluding hydrogens is 351 g/mol. The van der Waals surface area contributed by atoms with Crippen LogP contribution in [0.1, 0.15) is 23.6 Å². The molecule has 0 fully saturated rings. The van der Waals surface area contributed by atoms with Crippen molar-refractivity contribution in [2.75, 3.05) is 12.4 Å². The molecule has 27 heavy (non-hydrogen) atoms. The number of nitrogens with zero attached hydrogens (tertiary/aromatic N) is 3. The van der Waals surface area contributed by atoms with E-state index in [1.165, 1.54) is 18.5 Å². The summed E-state index contributed by atoms with van der Waals surface area (Å²) >= 11 is 0. The molecule has 3 aromatic rings. The molecule has 2 aromatic carbocycles. The van der Waals surface area contributed by atoms with E-state index in [2.05, 4.69) is 15.4 Å². The minimum atomic E-state index is -0.287. The number of rotatable bonds is 5. The van der Waals surface area contributed by atoms with Crippen LogP contribution in [0, 0.1) is 5.82 Å². The molecule has 4 rings (SSSR count). The number of hydrogen-bond acceptors (Lipinski definition) is 5. The van der Waals surface area contributed by atoms with Crippen LogP contribution in [0.5, 0.6) is 11.5 Å². The van der Waals surface area contributed by atoms with Crippen LogP contribution in [0.25, 0.3) is 0 Å². The zero-order valence-electron chi connectivity index (χ0n) is 14.6. The summed E-state index contributed by atoms with van der Waals surface area (Å²) in [4.78, 5) is 16.0. The van der Waals surface area contributed by atoms with E-state index < -0.39 is 0 Å². The maximum atomic E-state index is 13.0. The normalized spacial score (nSPS) is 15.8. The van der Waals surface area contributed by atoms with Crippen LogP contribution >= 0.6 is 0 Å². The number of aromatic nitrogens is 3. The fourth-order valence-corrected chi connectivity index (χ4v) is 3.02. The molecule has 8 heteroatoms. The number of ether oxygens (including phenoxy) is 2. The fraction of sp³-hybridized carbons (Fsp3) is 0.211. The van der Waals surface area contributed by atoms with Gasteiger partial charge in [-0.3, -0.25) is 10.1 Å². The second-order valence-corrected chi connectivity index (χ2v) is 6.12. The average Bonchev–Trinajstić information content (AvgIpc) is 3.15. The molecule has 0 unspecified atom stereocenters. The first-order valence-corrected chi connectivity index (χ1v) is 8.38. The third-order valence-corrected chi connectivity index (χ3v) is 4.38. The van der Waals surface area contributed by atoms with Gasteiger partial charge in [-0.05, 0) is 35.4 Å². The summed E-state index contributed by atoms with van der Waals surface area (Å²) in [5.41, 5.74) is 1.71. The first-order chi connectivity index (χ1) is 13.1. The van der Waals surface area contributed by atoms with E-state index in [0.717, 1.165) is 11.1 Å². The zero-order valence-corrected chi connectivity index (χ0v) is 14.6. The SMILES string of the molecule is COc1cc([C@@H]2CC(=O)Nc3ncnn32)ccc1OCc1ccc(F)cc1. The maximum Gasteiger partial charge on any atom is 0.229 e. The standard InChI is InChI=1S/C19H17FN4O3/c1-26-17-8-13(15-9-18(25)23-19-21-11-22-24(15)19)4-7-16(17)27-10-12-2-5-14(20)6-3-12/h2-8,11,15H,9-10H2,1H3,(H,21,22,23,25)/t15-/m0/s1. The molecule has 138 valence electrons. The molecule has 2 heterocycles. The highest BCUT2D eigenvalue weighted by Gasteiger charge is 2.28. The van der Waals surface area contributed by atoms with Gasteiger partial charge in [0.2, 0.25) is 11.9 Å². The van der Waals surface area contributed by atoms with Crippen molar-refractivity contribution in [3.8, 4) is 11.5 Å². The molecule has 1 aromatic heterocycles. The summed E-state index contributed by atoms with van der Waals surface area (Å²) in [6, 6.07) is 11.3. The fourth-order valence-electron chi connectivity index (χ4n) is 3.02. The lowest BCUT2D eigenvalue weighted by molar-refractivity contribution is -0.117. The number of nitrogens with one attached hydrogen (secondary N) is 1. The Labute approximate surface area is 154 Å². The molecule has 0 saturated carbocycles. The quantitative estimate of drug-likeness (QED) is 0.749. The third kappa shape index (κ3) is 3.46.